The van der Waals surface area contributed by atoms with Crippen LogP contribution >= 0.6 is 23.8 Å². The maximum atomic E-state index is 11.9. The van der Waals surface area contributed by atoms with Crippen LogP contribution in [0.1, 0.15) is 21.8 Å². The van der Waals surface area contributed by atoms with Crippen molar-refractivity contribution in [3.8, 4) is 0 Å². The molecule has 19 heavy (non-hydrogen) atoms. The van der Waals surface area contributed by atoms with Gasteiger partial charge < -0.3 is 15.5 Å². The van der Waals surface area contributed by atoms with Gasteiger partial charge in [-0.3, -0.25) is 4.79 Å². The highest BCUT2D eigenvalue weighted by molar-refractivity contribution is 7.80. The van der Waals surface area contributed by atoms with Crippen molar-refractivity contribution in [2.75, 3.05) is 5.32 Å². The quantitative estimate of drug-likeness (QED) is 0.850. The van der Waals surface area contributed by atoms with Crippen molar-refractivity contribution in [1.29, 1.82) is 0 Å². The Morgan fingerprint density at radius 3 is 2.79 bits per heavy atom. The summed E-state index contributed by atoms with van der Waals surface area (Å²) in [5.74, 6) is -0.269. The molecule has 1 aromatic carbocycles. The Morgan fingerprint density at radius 1 is 1.53 bits per heavy atom. The van der Waals surface area contributed by atoms with E-state index in [0.717, 1.165) is 0 Å². The average Bonchev–Trinajstić information content (AvgIpc) is 2.77. The number of nitrogens with one attached hydrogen (secondary N) is 1. The molecule has 1 amide bonds. The minimum atomic E-state index is -0.417. The lowest BCUT2D eigenvalue weighted by molar-refractivity contribution is 0.0996. The van der Waals surface area contributed by atoms with Gasteiger partial charge in [0.1, 0.15) is 4.99 Å². The van der Waals surface area contributed by atoms with Gasteiger partial charge in [0, 0.05) is 5.56 Å². The van der Waals surface area contributed by atoms with E-state index in [1.54, 1.807) is 25.1 Å². The van der Waals surface area contributed by atoms with Crippen LogP contribution in [0.25, 0.3) is 0 Å². The van der Waals surface area contributed by atoms with Gasteiger partial charge in [-0.25, -0.2) is 4.98 Å². The first-order valence-electron chi connectivity index (χ1n) is 5.30. The standard InChI is InChI=1S/C12H10ClN3O2S/c1-6-10(18-5-15-6)12(17)16-9-3-2-7(11(14)19)4-8(9)13/h2-5H,1H3,(H2,14,19)(H,16,17). The van der Waals surface area contributed by atoms with Gasteiger partial charge in [-0.2, -0.15) is 0 Å². The fraction of sp³-hybridized carbons (Fsp3) is 0.0833. The lowest BCUT2D eigenvalue weighted by Crippen LogP contribution is -2.14. The van der Waals surface area contributed by atoms with Crippen LogP contribution in [-0.4, -0.2) is 15.9 Å². The SMILES string of the molecule is Cc1ncoc1C(=O)Nc1ccc(C(N)=S)cc1Cl. The van der Waals surface area contributed by atoms with E-state index >= 15 is 0 Å². The molecule has 0 fully saturated rings. The number of thiocarbonyl (C=S) groups is 1. The molecule has 0 aliphatic carbocycles. The van der Waals surface area contributed by atoms with Gasteiger partial charge in [0.05, 0.1) is 16.4 Å². The third kappa shape index (κ3) is 2.91. The molecule has 3 N–H and O–H groups in total. The van der Waals surface area contributed by atoms with Crippen molar-refractivity contribution in [2.24, 2.45) is 5.73 Å². The summed E-state index contributed by atoms with van der Waals surface area (Å²) in [6.45, 7) is 1.68. The number of anilines is 1. The number of halogens is 1. The molecule has 0 saturated heterocycles. The van der Waals surface area contributed by atoms with E-state index in [0.29, 0.717) is 22.0 Å². The fourth-order valence-electron chi connectivity index (χ4n) is 1.47. The van der Waals surface area contributed by atoms with Crippen molar-refractivity contribution in [3.05, 3.63) is 46.6 Å². The zero-order valence-electron chi connectivity index (χ0n) is 9.94. The van der Waals surface area contributed by atoms with Crippen molar-refractivity contribution < 1.29 is 9.21 Å². The zero-order valence-corrected chi connectivity index (χ0v) is 11.5. The van der Waals surface area contributed by atoms with Crippen LogP contribution in [0.4, 0.5) is 5.69 Å². The summed E-state index contributed by atoms with van der Waals surface area (Å²) in [6, 6.07) is 4.89. The van der Waals surface area contributed by atoms with E-state index < -0.39 is 5.91 Å². The average molecular weight is 296 g/mol. The number of carbonyl (C=O) groups excluding carboxylic acids is 1. The lowest BCUT2D eigenvalue weighted by Gasteiger charge is -2.07. The molecule has 2 aromatic rings. The second-order valence-corrected chi connectivity index (χ2v) is 4.63. The molecule has 0 atom stereocenters. The van der Waals surface area contributed by atoms with Crippen molar-refractivity contribution in [1.82, 2.24) is 4.98 Å². The van der Waals surface area contributed by atoms with Crippen molar-refractivity contribution in [3.63, 3.8) is 0 Å². The van der Waals surface area contributed by atoms with Crippen LogP contribution in [-0.2, 0) is 0 Å². The number of nitrogens with zero attached hydrogens (tertiary/aromatic N) is 1. The minimum Gasteiger partial charge on any atom is -0.438 e. The van der Waals surface area contributed by atoms with E-state index in [9.17, 15) is 4.79 Å². The van der Waals surface area contributed by atoms with Gasteiger partial charge in [0.25, 0.3) is 5.91 Å². The number of benzene rings is 1. The molecule has 0 radical (unpaired) electrons. The molecule has 98 valence electrons. The first-order chi connectivity index (χ1) is 8.99. The first-order valence-corrected chi connectivity index (χ1v) is 6.08. The molecule has 0 bridgehead atoms. The van der Waals surface area contributed by atoms with Crippen LogP contribution < -0.4 is 11.1 Å². The number of aryl methyl sites for hydroxylation is 1. The molecular formula is C12H10ClN3O2S. The number of rotatable bonds is 3. The summed E-state index contributed by atoms with van der Waals surface area (Å²) < 4.78 is 4.99. The molecule has 0 aliphatic rings. The van der Waals surface area contributed by atoms with Gasteiger partial charge in [0.2, 0.25) is 5.76 Å². The third-order valence-corrected chi connectivity index (χ3v) is 3.00. The van der Waals surface area contributed by atoms with E-state index in [2.05, 4.69) is 10.3 Å². The van der Waals surface area contributed by atoms with Crippen LogP contribution in [0.3, 0.4) is 0 Å². The highest BCUT2D eigenvalue weighted by Crippen LogP contribution is 2.24. The third-order valence-electron chi connectivity index (χ3n) is 2.45. The van der Waals surface area contributed by atoms with Gasteiger partial charge in [-0.05, 0) is 25.1 Å². The molecule has 0 aliphatic heterocycles. The molecule has 7 heteroatoms. The van der Waals surface area contributed by atoms with Gasteiger partial charge in [-0.15, -0.1) is 0 Å². The van der Waals surface area contributed by atoms with Crippen molar-refractivity contribution in [2.45, 2.75) is 6.92 Å². The largest absolute Gasteiger partial charge is 0.438 e. The fourth-order valence-corrected chi connectivity index (χ4v) is 1.82. The smallest absolute Gasteiger partial charge is 0.293 e. The summed E-state index contributed by atoms with van der Waals surface area (Å²) in [5.41, 5.74) is 7.08. The van der Waals surface area contributed by atoms with Crippen LogP contribution in [0, 0.1) is 6.92 Å². The molecular weight excluding hydrogens is 286 g/mol. The second kappa shape index (κ2) is 5.38. The highest BCUT2D eigenvalue weighted by atomic mass is 35.5. The number of hydrogen-bond acceptors (Lipinski definition) is 4. The molecule has 5 nitrogen and oxygen atoms in total. The van der Waals surface area contributed by atoms with E-state index in [-0.39, 0.29) is 10.7 Å². The molecule has 1 aromatic heterocycles. The topological polar surface area (TPSA) is 81.2 Å². The summed E-state index contributed by atoms with van der Waals surface area (Å²) in [4.78, 5) is 16.0. The number of aromatic nitrogens is 1. The van der Waals surface area contributed by atoms with Gasteiger partial charge in [0.15, 0.2) is 6.39 Å². The Kier molecular flexibility index (Phi) is 3.82. The van der Waals surface area contributed by atoms with Crippen molar-refractivity contribution >= 4 is 40.4 Å². The van der Waals surface area contributed by atoms with E-state index in [1.165, 1.54) is 6.39 Å². The number of nitrogens with two attached hydrogens (primary N) is 1. The summed E-state index contributed by atoms with van der Waals surface area (Å²) in [5, 5.41) is 2.97. The Hall–Kier alpha value is -1.92. The number of oxazole rings is 1. The first kappa shape index (κ1) is 13.5. The maximum absolute atomic E-state index is 11.9. The van der Waals surface area contributed by atoms with E-state index in [1.807, 2.05) is 0 Å². The monoisotopic (exact) mass is 295 g/mol. The van der Waals surface area contributed by atoms with Crippen LogP contribution in [0.15, 0.2) is 29.0 Å². The molecule has 1 heterocycles. The molecule has 0 saturated carbocycles. The maximum Gasteiger partial charge on any atom is 0.293 e. The number of carbonyl (C=O) groups is 1. The molecule has 0 spiro atoms. The summed E-state index contributed by atoms with van der Waals surface area (Å²) >= 11 is 10.9. The zero-order chi connectivity index (χ0) is 14.0. The van der Waals surface area contributed by atoms with Crippen LogP contribution in [0.5, 0.6) is 0 Å². The number of hydrogen-bond donors (Lipinski definition) is 2. The van der Waals surface area contributed by atoms with Gasteiger partial charge >= 0.3 is 0 Å². The molecule has 0 unspecified atom stereocenters. The lowest BCUT2D eigenvalue weighted by atomic mass is 10.2. The van der Waals surface area contributed by atoms with Crippen LogP contribution in [0.2, 0.25) is 5.02 Å². The minimum absolute atomic E-state index is 0.148. The Labute approximate surface area is 119 Å². The predicted octanol–water partition coefficient (Wildman–Crippen LogP) is 2.52. The normalized spacial score (nSPS) is 10.2. The second-order valence-electron chi connectivity index (χ2n) is 3.78. The van der Waals surface area contributed by atoms with E-state index in [4.69, 9.17) is 34.0 Å². The van der Waals surface area contributed by atoms with Gasteiger partial charge in [-0.1, -0.05) is 23.8 Å². The number of amides is 1. The predicted molar refractivity (Wildman–Crippen MR) is 76.5 cm³/mol. The Bertz CT molecular complexity index is 654. The highest BCUT2D eigenvalue weighted by Gasteiger charge is 2.15. The Balaban J connectivity index is 2.23. The summed E-state index contributed by atoms with van der Waals surface area (Å²) in [6.07, 6.45) is 1.21. The Morgan fingerprint density at radius 2 is 2.26 bits per heavy atom. The summed E-state index contributed by atoms with van der Waals surface area (Å²) in [7, 11) is 0. The molecule has 2 rings (SSSR count).